The number of aromatic nitrogens is 1. The number of hydrogen-bond acceptors (Lipinski definition) is 7. The van der Waals surface area contributed by atoms with Crippen LogP contribution in [0.3, 0.4) is 0 Å². The number of halogens is 2. The van der Waals surface area contributed by atoms with Crippen molar-refractivity contribution in [3.05, 3.63) is 88.1 Å². The standard InChI is InChI=1S/C31H30ClFN4O3.C16H33NO.C3H8O/c1-16-10-11-19-14-25(35-30(40-6)26(16)19)20-8-7-9-21(28(20)32)27-17(2)24(13-12-23(27)33)34-29(38)22-15-36(4)18(3)37(5)31(22)39;1-7-13(5)11-12-16(9-3,10-4)17-15(18)14(6)8-2;1-2-3-4/h7-9,12-16H,3,10-11H2,1-2,4-6H3,(H,34,38);13-14H,7-12H2,1-6H3,(H,17,18);4H,2-3H2,1H3. The molecule has 1 aliphatic heterocycles. The summed E-state index contributed by atoms with van der Waals surface area (Å²) in [7, 11) is 4.85. The second kappa shape index (κ2) is 23.6. The molecule has 0 fully saturated rings. The summed E-state index contributed by atoms with van der Waals surface area (Å²) in [6.45, 7) is 22.9. The van der Waals surface area contributed by atoms with Gasteiger partial charge in [-0.3, -0.25) is 19.3 Å². The van der Waals surface area contributed by atoms with Crippen LogP contribution in [0.4, 0.5) is 10.1 Å². The van der Waals surface area contributed by atoms with Gasteiger partial charge in [-0.05, 0) is 99.5 Å². The van der Waals surface area contributed by atoms with Crippen LogP contribution in [0.25, 0.3) is 22.4 Å². The van der Waals surface area contributed by atoms with E-state index in [1.807, 2.05) is 26.0 Å². The highest BCUT2D eigenvalue weighted by atomic mass is 35.5. The Balaban J connectivity index is 0.000000390. The highest BCUT2D eigenvalue weighted by Gasteiger charge is 2.32. The number of hydrogen-bond donors (Lipinski definition) is 3. The van der Waals surface area contributed by atoms with Gasteiger partial charge in [-0.15, -0.1) is 0 Å². The summed E-state index contributed by atoms with van der Waals surface area (Å²) in [5, 5.41) is 14.3. The predicted octanol–water partition coefficient (Wildman–Crippen LogP) is 11.2. The molecule has 1 aliphatic carbocycles. The maximum Gasteiger partial charge on any atom is 0.266 e. The smallest absolute Gasteiger partial charge is 0.266 e. The van der Waals surface area contributed by atoms with Crippen molar-refractivity contribution in [2.75, 3.05) is 33.1 Å². The van der Waals surface area contributed by atoms with Gasteiger partial charge < -0.3 is 25.4 Å². The zero-order valence-corrected chi connectivity index (χ0v) is 40.0. The monoisotopic (exact) mass is 876 g/mol. The number of aliphatic hydroxyl groups excluding tert-OH is 1. The summed E-state index contributed by atoms with van der Waals surface area (Å²) in [5.41, 5.74) is 5.09. The third-order valence-electron chi connectivity index (χ3n) is 12.6. The number of carbonyl (C=O) groups is 3. The Labute approximate surface area is 375 Å². The van der Waals surface area contributed by atoms with Gasteiger partial charge in [-0.25, -0.2) is 9.37 Å². The summed E-state index contributed by atoms with van der Waals surface area (Å²) in [4.78, 5) is 45.6. The molecule has 2 aromatic carbocycles. The lowest BCUT2D eigenvalue weighted by molar-refractivity contribution is -0.129. The van der Waals surface area contributed by atoms with Crippen LogP contribution in [-0.4, -0.2) is 71.0 Å². The minimum atomic E-state index is -0.611. The number of aryl methyl sites for hydroxylation is 1. The maximum atomic E-state index is 15.4. The average molecular weight is 877 g/mol. The predicted molar refractivity (Wildman–Crippen MR) is 251 cm³/mol. The molecule has 340 valence electrons. The lowest BCUT2D eigenvalue weighted by atomic mass is 9.84. The highest BCUT2D eigenvalue weighted by molar-refractivity contribution is 6.36. The quantitative estimate of drug-likeness (QED) is 0.130. The number of pyridine rings is 1. The van der Waals surface area contributed by atoms with Gasteiger partial charge in [0.25, 0.3) is 11.8 Å². The molecule has 3 unspecified atom stereocenters. The number of fused-ring (bicyclic) bond motifs is 1. The molecule has 2 heterocycles. The lowest BCUT2D eigenvalue weighted by Gasteiger charge is -2.35. The van der Waals surface area contributed by atoms with E-state index in [1.54, 1.807) is 45.2 Å². The number of nitrogens with one attached hydrogen (secondary N) is 2. The molecule has 12 heteroatoms. The van der Waals surface area contributed by atoms with Crippen molar-refractivity contribution in [2.24, 2.45) is 11.8 Å². The minimum absolute atomic E-state index is 0.0178. The number of anilines is 1. The fourth-order valence-corrected chi connectivity index (χ4v) is 7.85. The maximum absolute atomic E-state index is 15.4. The van der Waals surface area contributed by atoms with Crippen LogP contribution < -0.4 is 15.4 Å². The number of amides is 3. The molecule has 1 aromatic heterocycles. The van der Waals surface area contributed by atoms with Crippen LogP contribution >= 0.6 is 11.6 Å². The summed E-state index contributed by atoms with van der Waals surface area (Å²) in [6.07, 6.45) is 10.8. The van der Waals surface area contributed by atoms with Crippen molar-refractivity contribution in [1.29, 1.82) is 0 Å². The lowest BCUT2D eigenvalue weighted by Crippen LogP contribution is -2.49. The van der Waals surface area contributed by atoms with Crippen LogP contribution in [0, 0.1) is 24.6 Å². The van der Waals surface area contributed by atoms with Crippen LogP contribution in [0.2, 0.25) is 5.02 Å². The van der Waals surface area contributed by atoms with E-state index in [0.29, 0.717) is 57.3 Å². The van der Waals surface area contributed by atoms with E-state index in [2.05, 4.69) is 58.8 Å². The van der Waals surface area contributed by atoms with E-state index in [1.165, 1.54) is 41.6 Å². The Morgan fingerprint density at radius 1 is 1.08 bits per heavy atom. The molecule has 0 radical (unpaired) electrons. The van der Waals surface area contributed by atoms with Gasteiger partial charge in [0.15, 0.2) is 0 Å². The fourth-order valence-electron chi connectivity index (χ4n) is 7.54. The van der Waals surface area contributed by atoms with Gasteiger partial charge in [0, 0.05) is 66.3 Å². The van der Waals surface area contributed by atoms with Crippen molar-refractivity contribution < 1.29 is 28.6 Å². The number of methoxy groups -OCH3 is 1. The van der Waals surface area contributed by atoms with Crippen molar-refractivity contribution >= 4 is 35.0 Å². The van der Waals surface area contributed by atoms with Gasteiger partial charge in [-0.2, -0.15) is 0 Å². The summed E-state index contributed by atoms with van der Waals surface area (Å²) in [6, 6.07) is 10.2. The molecule has 2 aliphatic rings. The van der Waals surface area contributed by atoms with Gasteiger partial charge in [0.05, 0.1) is 17.8 Å². The third kappa shape index (κ3) is 12.2. The van der Waals surface area contributed by atoms with Gasteiger partial charge in [0.1, 0.15) is 17.2 Å². The number of ether oxygens (including phenoxy) is 1. The summed E-state index contributed by atoms with van der Waals surface area (Å²) < 4.78 is 21.0. The molecule has 0 saturated heterocycles. The summed E-state index contributed by atoms with van der Waals surface area (Å²) in [5.74, 6) is 0.912. The Bertz CT molecular complexity index is 2080. The van der Waals surface area contributed by atoms with Gasteiger partial charge in [0.2, 0.25) is 11.8 Å². The molecule has 0 saturated carbocycles. The molecule has 3 N–H and O–H groups in total. The molecular formula is C50H71ClFN5O5. The molecule has 5 rings (SSSR count). The molecule has 3 amide bonds. The zero-order chi connectivity index (χ0) is 46.5. The Morgan fingerprint density at radius 2 is 1.73 bits per heavy atom. The Morgan fingerprint density at radius 3 is 2.31 bits per heavy atom. The summed E-state index contributed by atoms with van der Waals surface area (Å²) >= 11 is 6.93. The van der Waals surface area contributed by atoms with E-state index >= 15 is 4.39 Å². The van der Waals surface area contributed by atoms with Crippen LogP contribution in [0.1, 0.15) is 129 Å². The molecule has 3 aromatic rings. The minimum Gasteiger partial charge on any atom is -0.481 e. The van der Waals surface area contributed by atoms with Crippen LogP contribution in [0.5, 0.6) is 5.88 Å². The fraction of sp³-hybridized carbons (Fsp3) is 0.520. The largest absolute Gasteiger partial charge is 0.481 e. The Kier molecular flexibility index (Phi) is 19.7. The first kappa shape index (κ1) is 51.6. The molecular weight excluding hydrogens is 805 g/mol. The first-order valence-electron chi connectivity index (χ1n) is 22.2. The molecule has 0 spiro atoms. The highest BCUT2D eigenvalue weighted by Crippen LogP contribution is 2.44. The normalized spacial score (nSPS) is 15.7. The number of benzene rings is 2. The van der Waals surface area contributed by atoms with E-state index < -0.39 is 17.6 Å². The SMILES string of the molecule is C=C1N(C)C=C(C(=O)Nc2ccc(F)c(-c3cccc(-c4cc5c(c(OC)n4)C(C)CC5)c3Cl)c2C)C(=O)N1C.CCC(C)CCC(CC)(CC)NC(=O)C(C)CC.CCCO. The van der Waals surface area contributed by atoms with Crippen LogP contribution in [-0.2, 0) is 20.8 Å². The number of rotatable bonds is 15. The second-order valence-corrected chi connectivity index (χ2v) is 17.1. The van der Waals surface area contributed by atoms with E-state index in [4.69, 9.17) is 26.4 Å². The van der Waals surface area contributed by atoms with Crippen molar-refractivity contribution in [3.8, 4) is 28.3 Å². The van der Waals surface area contributed by atoms with E-state index in [0.717, 1.165) is 56.4 Å². The third-order valence-corrected chi connectivity index (χ3v) is 13.0. The van der Waals surface area contributed by atoms with Crippen LogP contribution in [0.15, 0.2) is 60.6 Å². The zero-order valence-electron chi connectivity index (χ0n) is 39.2. The van der Waals surface area contributed by atoms with E-state index in [-0.39, 0.29) is 28.5 Å². The molecule has 10 nitrogen and oxygen atoms in total. The average Bonchev–Trinajstić information content (AvgIpc) is 3.66. The van der Waals surface area contributed by atoms with Crippen molar-refractivity contribution in [1.82, 2.24) is 20.1 Å². The number of aliphatic hydroxyl groups is 1. The molecule has 0 bridgehead atoms. The van der Waals surface area contributed by atoms with Gasteiger partial charge >= 0.3 is 0 Å². The van der Waals surface area contributed by atoms with E-state index in [9.17, 15) is 14.4 Å². The molecule has 62 heavy (non-hydrogen) atoms. The van der Waals surface area contributed by atoms with Gasteiger partial charge in [-0.1, -0.05) is 98.2 Å². The topological polar surface area (TPSA) is 124 Å². The first-order valence-corrected chi connectivity index (χ1v) is 22.6. The first-order chi connectivity index (χ1) is 29.4. The number of likely N-dealkylation sites (N-methyl/N-ethyl adjacent to an activating group) is 1. The number of nitrogens with zero attached hydrogens (tertiary/aromatic N) is 3. The Hall–Kier alpha value is -4.74. The number of carbonyl (C=O) groups excluding carboxylic acids is 3. The van der Waals surface area contributed by atoms with Crippen molar-refractivity contribution in [3.63, 3.8) is 0 Å². The molecule has 3 atom stereocenters. The second-order valence-electron chi connectivity index (χ2n) is 16.7. The van der Waals surface area contributed by atoms with Crippen molar-refractivity contribution in [2.45, 2.75) is 132 Å².